The van der Waals surface area contributed by atoms with Crippen LogP contribution in [0.4, 0.5) is 5.69 Å². The number of aromatic nitrogens is 2. The van der Waals surface area contributed by atoms with Crippen molar-refractivity contribution >= 4 is 17.2 Å². The summed E-state index contributed by atoms with van der Waals surface area (Å²) in [4.78, 5) is 1.06. The Morgan fingerprint density at radius 1 is 1.43 bits per heavy atom. The standard InChI is InChI=1S/C9H7N3OS/c10-6-3-1-2-5-8-7(14-12-11-8)4-13-9(5)6/h1-3H,4,10H2. The second-order valence-corrected chi connectivity index (χ2v) is 3.90. The van der Waals surface area contributed by atoms with E-state index < -0.39 is 0 Å². The SMILES string of the molecule is Nc1cccc2c1OCc1snnc1-2. The van der Waals surface area contributed by atoms with E-state index in [-0.39, 0.29) is 0 Å². The third-order valence-electron chi connectivity index (χ3n) is 2.20. The molecule has 0 fully saturated rings. The summed E-state index contributed by atoms with van der Waals surface area (Å²) in [7, 11) is 0. The highest BCUT2D eigenvalue weighted by Gasteiger charge is 2.22. The van der Waals surface area contributed by atoms with Crippen molar-refractivity contribution in [2.24, 2.45) is 0 Å². The van der Waals surface area contributed by atoms with Gasteiger partial charge in [0.2, 0.25) is 0 Å². The van der Waals surface area contributed by atoms with Gasteiger partial charge in [0.15, 0.2) is 5.75 Å². The Balaban J connectivity index is 2.31. The zero-order valence-corrected chi connectivity index (χ0v) is 8.04. The molecule has 1 aromatic carbocycles. The van der Waals surface area contributed by atoms with Crippen molar-refractivity contribution in [3.8, 4) is 17.0 Å². The van der Waals surface area contributed by atoms with Gasteiger partial charge < -0.3 is 10.5 Å². The van der Waals surface area contributed by atoms with Gasteiger partial charge in [0, 0.05) is 5.56 Å². The van der Waals surface area contributed by atoms with Crippen LogP contribution in [0.3, 0.4) is 0 Å². The quantitative estimate of drug-likeness (QED) is 0.665. The second-order valence-electron chi connectivity index (χ2n) is 3.06. The van der Waals surface area contributed by atoms with Crippen molar-refractivity contribution in [3.63, 3.8) is 0 Å². The van der Waals surface area contributed by atoms with Crippen molar-refractivity contribution in [1.29, 1.82) is 0 Å². The van der Waals surface area contributed by atoms with E-state index in [9.17, 15) is 0 Å². The Kier molecular flexibility index (Phi) is 1.49. The average Bonchev–Trinajstić information content (AvgIpc) is 2.66. The molecule has 0 aliphatic carbocycles. The smallest absolute Gasteiger partial charge is 0.152 e. The summed E-state index contributed by atoms with van der Waals surface area (Å²) in [5.74, 6) is 0.729. The predicted molar refractivity (Wildman–Crippen MR) is 54.1 cm³/mol. The number of rotatable bonds is 0. The lowest BCUT2D eigenvalue weighted by Gasteiger charge is -2.16. The molecule has 0 saturated carbocycles. The number of anilines is 1. The van der Waals surface area contributed by atoms with Crippen LogP contribution in [-0.4, -0.2) is 9.59 Å². The number of nitrogen functional groups attached to an aromatic ring is 1. The first-order valence-corrected chi connectivity index (χ1v) is 4.96. The lowest BCUT2D eigenvalue weighted by molar-refractivity contribution is 0.307. The van der Waals surface area contributed by atoms with Crippen LogP contribution >= 0.6 is 11.5 Å². The Morgan fingerprint density at radius 3 is 3.29 bits per heavy atom. The average molecular weight is 205 g/mol. The molecule has 1 aliphatic heterocycles. The Hall–Kier alpha value is -1.62. The summed E-state index contributed by atoms with van der Waals surface area (Å²) in [6.07, 6.45) is 0. The van der Waals surface area contributed by atoms with Crippen LogP contribution < -0.4 is 10.5 Å². The lowest BCUT2D eigenvalue weighted by Crippen LogP contribution is -2.05. The molecule has 3 rings (SSSR count). The van der Waals surface area contributed by atoms with E-state index in [4.69, 9.17) is 10.5 Å². The fraction of sp³-hybridized carbons (Fsp3) is 0.111. The Morgan fingerprint density at radius 2 is 2.36 bits per heavy atom. The topological polar surface area (TPSA) is 61.0 Å². The van der Waals surface area contributed by atoms with Crippen LogP contribution in [0.15, 0.2) is 18.2 Å². The van der Waals surface area contributed by atoms with E-state index in [1.54, 1.807) is 0 Å². The number of fused-ring (bicyclic) bond motifs is 3. The van der Waals surface area contributed by atoms with Gasteiger partial charge in [-0.25, -0.2) is 0 Å². The molecule has 2 aromatic rings. The Labute approximate surface area is 84.5 Å². The fourth-order valence-electron chi connectivity index (χ4n) is 1.55. The van der Waals surface area contributed by atoms with E-state index >= 15 is 0 Å². The number of ether oxygens (including phenoxy) is 1. The monoisotopic (exact) mass is 205 g/mol. The minimum atomic E-state index is 0.522. The van der Waals surface area contributed by atoms with Gasteiger partial charge >= 0.3 is 0 Å². The molecule has 0 radical (unpaired) electrons. The second kappa shape index (κ2) is 2.68. The van der Waals surface area contributed by atoms with Crippen LogP contribution in [-0.2, 0) is 6.61 Å². The molecular formula is C9H7N3OS. The molecule has 0 spiro atoms. The number of benzene rings is 1. The van der Waals surface area contributed by atoms with Gasteiger partial charge in [-0.2, -0.15) is 0 Å². The molecule has 4 nitrogen and oxygen atoms in total. The molecule has 0 bridgehead atoms. The van der Waals surface area contributed by atoms with E-state index in [0.29, 0.717) is 12.3 Å². The fourth-order valence-corrected chi connectivity index (χ4v) is 2.12. The zero-order valence-electron chi connectivity index (χ0n) is 7.23. The molecule has 5 heteroatoms. The molecular weight excluding hydrogens is 198 g/mol. The number of nitrogens with two attached hydrogens (primary N) is 1. The number of hydrogen-bond acceptors (Lipinski definition) is 5. The van der Waals surface area contributed by atoms with E-state index in [2.05, 4.69) is 9.59 Å². The van der Waals surface area contributed by atoms with Crippen LogP contribution in [0.2, 0.25) is 0 Å². The third-order valence-corrected chi connectivity index (χ3v) is 2.90. The number of para-hydroxylation sites is 1. The normalized spacial score (nSPS) is 12.9. The van der Waals surface area contributed by atoms with Crippen molar-refractivity contribution in [1.82, 2.24) is 9.59 Å². The first-order valence-electron chi connectivity index (χ1n) is 4.19. The highest BCUT2D eigenvalue weighted by molar-refractivity contribution is 7.06. The van der Waals surface area contributed by atoms with Gasteiger partial charge in [-0.1, -0.05) is 10.6 Å². The van der Waals surface area contributed by atoms with E-state index in [0.717, 1.165) is 21.9 Å². The van der Waals surface area contributed by atoms with Crippen molar-refractivity contribution in [2.45, 2.75) is 6.61 Å². The molecule has 70 valence electrons. The van der Waals surface area contributed by atoms with Crippen molar-refractivity contribution in [3.05, 3.63) is 23.1 Å². The maximum Gasteiger partial charge on any atom is 0.152 e. The maximum absolute atomic E-state index is 5.80. The molecule has 2 N–H and O–H groups in total. The molecule has 14 heavy (non-hydrogen) atoms. The van der Waals surface area contributed by atoms with Gasteiger partial charge in [0.1, 0.15) is 12.3 Å². The van der Waals surface area contributed by atoms with Crippen molar-refractivity contribution in [2.75, 3.05) is 5.73 Å². The number of hydrogen-bond donors (Lipinski definition) is 1. The predicted octanol–water partition coefficient (Wildman–Crippen LogP) is 1.68. The van der Waals surface area contributed by atoms with Gasteiger partial charge in [0.25, 0.3) is 0 Å². The van der Waals surface area contributed by atoms with Crippen LogP contribution in [0.5, 0.6) is 5.75 Å². The molecule has 0 amide bonds. The molecule has 0 atom stereocenters. The summed E-state index contributed by atoms with van der Waals surface area (Å²) in [6.45, 7) is 0.522. The van der Waals surface area contributed by atoms with Gasteiger partial charge in [-0.05, 0) is 23.7 Å². The van der Waals surface area contributed by atoms with Crippen LogP contribution in [0, 0.1) is 0 Å². The largest absolute Gasteiger partial charge is 0.485 e. The molecule has 0 saturated heterocycles. The minimum Gasteiger partial charge on any atom is -0.485 e. The van der Waals surface area contributed by atoms with Gasteiger partial charge in [-0.3, -0.25) is 0 Å². The summed E-state index contributed by atoms with van der Waals surface area (Å²) < 4.78 is 9.45. The van der Waals surface area contributed by atoms with Crippen LogP contribution in [0.1, 0.15) is 4.88 Å². The Bertz CT molecular complexity index is 495. The van der Waals surface area contributed by atoms with Gasteiger partial charge in [-0.15, -0.1) is 5.10 Å². The highest BCUT2D eigenvalue weighted by atomic mass is 32.1. The third kappa shape index (κ3) is 0.927. The van der Waals surface area contributed by atoms with Crippen molar-refractivity contribution < 1.29 is 4.74 Å². The summed E-state index contributed by atoms with van der Waals surface area (Å²) in [5, 5.41) is 4.07. The zero-order chi connectivity index (χ0) is 9.54. The molecule has 2 heterocycles. The van der Waals surface area contributed by atoms with Gasteiger partial charge in [0.05, 0.1) is 10.6 Å². The molecule has 0 unspecified atom stereocenters. The maximum atomic E-state index is 5.80. The molecule has 1 aliphatic rings. The number of nitrogens with zero attached hydrogens (tertiary/aromatic N) is 2. The summed E-state index contributed by atoms with van der Waals surface area (Å²) in [6, 6.07) is 5.67. The van der Waals surface area contributed by atoms with Crippen LogP contribution in [0.25, 0.3) is 11.3 Å². The highest BCUT2D eigenvalue weighted by Crippen LogP contribution is 2.40. The summed E-state index contributed by atoms with van der Waals surface area (Å²) in [5.41, 5.74) is 8.30. The molecule has 1 aromatic heterocycles. The lowest BCUT2D eigenvalue weighted by atomic mass is 10.1. The summed E-state index contributed by atoms with van der Waals surface area (Å²) >= 11 is 1.37. The minimum absolute atomic E-state index is 0.522. The first-order chi connectivity index (χ1) is 6.86. The van der Waals surface area contributed by atoms with E-state index in [1.807, 2.05) is 18.2 Å². The first kappa shape index (κ1) is 7.75. The van der Waals surface area contributed by atoms with E-state index in [1.165, 1.54) is 11.5 Å².